The van der Waals surface area contributed by atoms with Gasteiger partial charge in [-0.25, -0.2) is 8.42 Å². The highest BCUT2D eigenvalue weighted by molar-refractivity contribution is 7.89. The number of nitrogens with zero attached hydrogens (tertiary/aromatic N) is 2. The van der Waals surface area contributed by atoms with Crippen LogP contribution in [0.25, 0.3) is 0 Å². The molecule has 0 saturated carbocycles. The molecule has 0 N–H and O–H groups in total. The molecule has 0 aromatic heterocycles. The Balaban J connectivity index is 1.84. The first-order valence-electron chi connectivity index (χ1n) is 10.4. The molecule has 0 radical (unpaired) electrons. The fourth-order valence-electron chi connectivity index (χ4n) is 3.96. The molecule has 0 bridgehead atoms. The summed E-state index contributed by atoms with van der Waals surface area (Å²) in [6.07, 6.45) is 0. The number of para-hydroxylation sites is 2. The van der Waals surface area contributed by atoms with E-state index in [9.17, 15) is 8.42 Å². The predicted molar refractivity (Wildman–Crippen MR) is 120 cm³/mol. The number of benzene rings is 2. The third-order valence-electron chi connectivity index (χ3n) is 5.54. The zero-order valence-electron chi connectivity index (χ0n) is 18.5. The van der Waals surface area contributed by atoms with E-state index >= 15 is 0 Å². The van der Waals surface area contributed by atoms with Gasteiger partial charge in [0.05, 0.1) is 19.4 Å². The highest BCUT2D eigenvalue weighted by Gasteiger charge is 2.32. The Kier molecular flexibility index (Phi) is 6.93. The van der Waals surface area contributed by atoms with E-state index in [-0.39, 0.29) is 10.8 Å². The van der Waals surface area contributed by atoms with E-state index in [0.717, 1.165) is 22.6 Å². The molecular weight excluding hydrogens is 400 g/mol. The summed E-state index contributed by atoms with van der Waals surface area (Å²) in [7, 11) is -2.13. The maximum absolute atomic E-state index is 13.5. The van der Waals surface area contributed by atoms with Crippen molar-refractivity contribution >= 4 is 15.7 Å². The van der Waals surface area contributed by atoms with Crippen molar-refractivity contribution in [2.24, 2.45) is 0 Å². The van der Waals surface area contributed by atoms with E-state index in [1.807, 2.05) is 44.2 Å². The largest absolute Gasteiger partial charge is 0.495 e. The Labute approximate surface area is 180 Å². The first-order valence-corrected chi connectivity index (χ1v) is 11.9. The van der Waals surface area contributed by atoms with Gasteiger partial charge < -0.3 is 14.4 Å². The molecule has 0 aliphatic carbocycles. The van der Waals surface area contributed by atoms with Crippen LogP contribution in [0.4, 0.5) is 5.69 Å². The number of aryl methyl sites for hydroxylation is 1. The zero-order chi connectivity index (χ0) is 21.9. The summed E-state index contributed by atoms with van der Waals surface area (Å²) >= 11 is 0. The summed E-state index contributed by atoms with van der Waals surface area (Å²) in [5.41, 5.74) is 3.07. The van der Waals surface area contributed by atoms with Gasteiger partial charge >= 0.3 is 0 Å². The van der Waals surface area contributed by atoms with Gasteiger partial charge in [0.25, 0.3) is 0 Å². The van der Waals surface area contributed by atoms with Crippen LogP contribution in [0, 0.1) is 6.92 Å². The van der Waals surface area contributed by atoms with E-state index in [0.29, 0.717) is 38.5 Å². The average molecular weight is 433 g/mol. The van der Waals surface area contributed by atoms with Crippen LogP contribution in [0.3, 0.4) is 0 Å². The monoisotopic (exact) mass is 432 g/mol. The second kappa shape index (κ2) is 9.27. The number of methoxy groups -OCH3 is 1. The molecule has 1 saturated heterocycles. The van der Waals surface area contributed by atoms with Gasteiger partial charge in [-0.3, -0.25) is 0 Å². The maximum Gasteiger partial charge on any atom is 0.246 e. The number of rotatable bonds is 7. The third-order valence-corrected chi connectivity index (χ3v) is 7.46. The lowest BCUT2D eigenvalue weighted by atomic mass is 9.98. The molecular formula is C23H32N2O4S. The van der Waals surface area contributed by atoms with Gasteiger partial charge in [-0.1, -0.05) is 26.0 Å². The number of sulfonamides is 1. The van der Waals surface area contributed by atoms with Crippen molar-refractivity contribution in [2.75, 3.05) is 44.8 Å². The van der Waals surface area contributed by atoms with Gasteiger partial charge in [-0.2, -0.15) is 4.31 Å². The van der Waals surface area contributed by atoms with Crippen molar-refractivity contribution in [2.45, 2.75) is 38.5 Å². The van der Waals surface area contributed by atoms with E-state index in [4.69, 9.17) is 9.47 Å². The second-order valence-corrected chi connectivity index (χ2v) is 9.71. The Bertz CT molecular complexity index is 981. The van der Waals surface area contributed by atoms with Gasteiger partial charge in [-0.05, 0) is 55.2 Å². The summed E-state index contributed by atoms with van der Waals surface area (Å²) in [5.74, 6) is 1.47. The number of hydrogen-bond acceptors (Lipinski definition) is 5. The number of ether oxygens (including phenoxy) is 2. The van der Waals surface area contributed by atoms with Crippen molar-refractivity contribution in [1.82, 2.24) is 4.31 Å². The van der Waals surface area contributed by atoms with Crippen LogP contribution in [0.2, 0.25) is 0 Å². The summed E-state index contributed by atoms with van der Waals surface area (Å²) in [6.45, 7) is 10.7. The molecule has 3 rings (SSSR count). The fourth-order valence-corrected chi connectivity index (χ4v) is 5.56. The summed E-state index contributed by atoms with van der Waals surface area (Å²) < 4.78 is 39.7. The summed E-state index contributed by atoms with van der Waals surface area (Å²) in [6, 6.07) is 11.5. The smallest absolute Gasteiger partial charge is 0.246 e. The lowest BCUT2D eigenvalue weighted by molar-refractivity contribution is 0.336. The minimum atomic E-state index is -3.65. The molecule has 0 spiro atoms. The van der Waals surface area contributed by atoms with Crippen LogP contribution in [0.15, 0.2) is 41.3 Å². The predicted octanol–water partition coefficient (Wildman–Crippen LogP) is 4.04. The molecule has 6 nitrogen and oxygen atoms in total. The molecule has 1 aliphatic rings. The van der Waals surface area contributed by atoms with E-state index < -0.39 is 10.0 Å². The molecule has 1 heterocycles. The molecule has 1 aliphatic heterocycles. The van der Waals surface area contributed by atoms with Crippen molar-refractivity contribution < 1.29 is 17.9 Å². The maximum atomic E-state index is 13.5. The molecule has 0 amide bonds. The van der Waals surface area contributed by atoms with Gasteiger partial charge in [0.15, 0.2) is 0 Å². The van der Waals surface area contributed by atoms with Crippen LogP contribution in [-0.2, 0) is 10.0 Å². The molecule has 30 heavy (non-hydrogen) atoms. The highest BCUT2D eigenvalue weighted by Crippen LogP contribution is 2.34. The minimum absolute atomic E-state index is 0.233. The standard InChI is InChI=1S/C23H32N2O4S/c1-6-29-21-10-8-7-9-20(21)24-11-13-25(14-12-24)30(26,27)23-16-19(17(2)3)18(4)15-22(23)28-5/h7-10,15-17H,6,11-14H2,1-5H3. The number of piperazine rings is 1. The fraction of sp³-hybridized carbons (Fsp3) is 0.478. The van der Waals surface area contributed by atoms with Crippen LogP contribution in [-0.4, -0.2) is 52.6 Å². The third kappa shape index (κ3) is 4.42. The Hall–Kier alpha value is -2.25. The summed E-state index contributed by atoms with van der Waals surface area (Å²) in [4.78, 5) is 2.44. The van der Waals surface area contributed by atoms with E-state index in [2.05, 4.69) is 18.7 Å². The first-order chi connectivity index (χ1) is 14.3. The van der Waals surface area contributed by atoms with Gasteiger partial charge in [0, 0.05) is 26.2 Å². The molecule has 0 atom stereocenters. The molecule has 1 fully saturated rings. The number of anilines is 1. The van der Waals surface area contributed by atoms with E-state index in [1.54, 1.807) is 10.4 Å². The lowest BCUT2D eigenvalue weighted by Crippen LogP contribution is -2.48. The van der Waals surface area contributed by atoms with Crippen LogP contribution in [0.5, 0.6) is 11.5 Å². The quantitative estimate of drug-likeness (QED) is 0.661. The molecule has 0 unspecified atom stereocenters. The molecule has 164 valence electrons. The molecule has 2 aromatic rings. The lowest BCUT2D eigenvalue weighted by Gasteiger charge is -2.36. The normalized spacial score (nSPS) is 15.5. The van der Waals surface area contributed by atoms with Crippen molar-refractivity contribution in [3.05, 3.63) is 47.5 Å². The Morgan fingerprint density at radius 3 is 2.30 bits per heavy atom. The van der Waals surface area contributed by atoms with Crippen molar-refractivity contribution in [3.63, 3.8) is 0 Å². The van der Waals surface area contributed by atoms with Crippen LogP contribution >= 0.6 is 0 Å². The van der Waals surface area contributed by atoms with E-state index in [1.165, 1.54) is 7.11 Å². The molecule has 7 heteroatoms. The van der Waals surface area contributed by atoms with Gasteiger partial charge in [0.2, 0.25) is 10.0 Å². The average Bonchev–Trinajstić information content (AvgIpc) is 2.73. The van der Waals surface area contributed by atoms with Crippen LogP contribution < -0.4 is 14.4 Å². The zero-order valence-corrected chi connectivity index (χ0v) is 19.3. The van der Waals surface area contributed by atoms with Crippen LogP contribution in [0.1, 0.15) is 37.8 Å². The van der Waals surface area contributed by atoms with Crippen molar-refractivity contribution in [1.29, 1.82) is 0 Å². The Morgan fingerprint density at radius 2 is 1.70 bits per heavy atom. The van der Waals surface area contributed by atoms with Crippen molar-refractivity contribution in [3.8, 4) is 11.5 Å². The minimum Gasteiger partial charge on any atom is -0.495 e. The topological polar surface area (TPSA) is 59.1 Å². The highest BCUT2D eigenvalue weighted by atomic mass is 32.2. The SMILES string of the molecule is CCOc1ccccc1N1CCN(S(=O)(=O)c2cc(C(C)C)c(C)cc2OC)CC1. The van der Waals surface area contributed by atoms with Gasteiger partial charge in [-0.15, -0.1) is 0 Å². The summed E-state index contributed by atoms with van der Waals surface area (Å²) in [5, 5.41) is 0. The first kappa shape index (κ1) is 22.4. The second-order valence-electron chi connectivity index (χ2n) is 7.81. The van der Waals surface area contributed by atoms with Gasteiger partial charge in [0.1, 0.15) is 16.4 Å². The Morgan fingerprint density at radius 1 is 1.03 bits per heavy atom. The molecule has 2 aromatic carbocycles. The number of hydrogen-bond donors (Lipinski definition) is 0.